The summed E-state index contributed by atoms with van der Waals surface area (Å²) in [7, 11) is 1.44. The molecule has 1 atom stereocenters. The molecule has 0 aromatic heterocycles. The Morgan fingerprint density at radius 3 is 2.44 bits per heavy atom. The minimum absolute atomic E-state index is 0.0664. The number of benzene rings is 2. The molecule has 2 aromatic carbocycles. The molecule has 25 heavy (non-hydrogen) atoms. The molecule has 0 amide bonds. The summed E-state index contributed by atoms with van der Waals surface area (Å²) in [6.07, 6.45) is 3.70. The summed E-state index contributed by atoms with van der Waals surface area (Å²) in [4.78, 5) is 0. The first kappa shape index (κ1) is 17.7. The van der Waals surface area contributed by atoms with E-state index in [0.717, 1.165) is 5.56 Å². The molecule has 0 aliphatic heterocycles. The molecule has 5 heteroatoms. The van der Waals surface area contributed by atoms with Crippen molar-refractivity contribution in [3.05, 3.63) is 59.7 Å². The summed E-state index contributed by atoms with van der Waals surface area (Å²) in [6.45, 7) is -2.29. The molecule has 0 saturated heterocycles. The molecule has 1 unspecified atom stereocenters. The molecular weight excluding hydrogens is 324 g/mol. The van der Waals surface area contributed by atoms with Gasteiger partial charge in [-0.2, -0.15) is 8.78 Å². The van der Waals surface area contributed by atoms with Gasteiger partial charge in [0.25, 0.3) is 0 Å². The lowest BCUT2D eigenvalue weighted by molar-refractivity contribution is -0.0512. The smallest absolute Gasteiger partial charge is 0.387 e. The third-order valence-corrected chi connectivity index (χ3v) is 4.75. The third kappa shape index (κ3) is 4.48. The van der Waals surface area contributed by atoms with Crippen LogP contribution in [0, 0.1) is 5.92 Å². The quantitative estimate of drug-likeness (QED) is 0.735. The summed E-state index contributed by atoms with van der Waals surface area (Å²) in [6, 6.07) is 15.8. The number of halogens is 2. The fourth-order valence-electron chi connectivity index (χ4n) is 3.24. The van der Waals surface area contributed by atoms with Gasteiger partial charge in [0, 0.05) is 12.6 Å². The van der Waals surface area contributed by atoms with Gasteiger partial charge >= 0.3 is 6.61 Å². The van der Waals surface area contributed by atoms with E-state index in [1.54, 1.807) is 12.1 Å². The maximum atomic E-state index is 12.6. The Morgan fingerprint density at radius 2 is 1.84 bits per heavy atom. The van der Waals surface area contributed by atoms with Crippen LogP contribution in [-0.4, -0.2) is 13.7 Å². The van der Waals surface area contributed by atoms with E-state index in [2.05, 4.69) is 22.2 Å². The molecule has 2 aromatic rings. The molecule has 134 valence electrons. The van der Waals surface area contributed by atoms with Crippen molar-refractivity contribution < 1.29 is 18.3 Å². The maximum Gasteiger partial charge on any atom is 0.387 e. The molecule has 0 spiro atoms. The lowest BCUT2D eigenvalue weighted by Crippen LogP contribution is -2.31. The highest BCUT2D eigenvalue weighted by Gasteiger charge is 2.28. The highest BCUT2D eigenvalue weighted by molar-refractivity contribution is 5.43. The highest BCUT2D eigenvalue weighted by Crippen LogP contribution is 2.38. The van der Waals surface area contributed by atoms with E-state index in [0.29, 0.717) is 18.2 Å². The van der Waals surface area contributed by atoms with Gasteiger partial charge in [-0.05, 0) is 42.0 Å². The van der Waals surface area contributed by atoms with Crippen molar-refractivity contribution in [2.75, 3.05) is 7.11 Å². The summed E-state index contributed by atoms with van der Waals surface area (Å²) in [5.41, 5.74) is 2.15. The molecule has 1 aliphatic rings. The standard InChI is InChI=1S/C20H23F2NO2/c1-24-17-11-10-14(12-18(17)25-20(21)22)13-23-19(16-8-5-9-16)15-6-3-2-4-7-15/h2-4,6-7,10-12,16,19-20,23H,5,8-9,13H2,1H3. The Kier molecular flexibility index (Phi) is 5.87. The van der Waals surface area contributed by atoms with Crippen LogP contribution in [0.5, 0.6) is 11.5 Å². The van der Waals surface area contributed by atoms with Crippen LogP contribution in [0.1, 0.15) is 36.4 Å². The van der Waals surface area contributed by atoms with Gasteiger partial charge < -0.3 is 14.8 Å². The van der Waals surface area contributed by atoms with Crippen LogP contribution < -0.4 is 14.8 Å². The number of hydrogen-bond acceptors (Lipinski definition) is 3. The zero-order valence-corrected chi connectivity index (χ0v) is 14.3. The summed E-state index contributed by atoms with van der Waals surface area (Å²) in [5, 5.41) is 3.59. The first-order valence-electron chi connectivity index (χ1n) is 8.57. The van der Waals surface area contributed by atoms with E-state index in [1.807, 2.05) is 24.3 Å². The predicted octanol–water partition coefficient (Wildman–Crippen LogP) is 4.93. The van der Waals surface area contributed by atoms with E-state index in [-0.39, 0.29) is 11.8 Å². The van der Waals surface area contributed by atoms with Crippen molar-refractivity contribution in [1.29, 1.82) is 0 Å². The molecule has 0 bridgehead atoms. The van der Waals surface area contributed by atoms with Gasteiger partial charge in [-0.3, -0.25) is 0 Å². The van der Waals surface area contributed by atoms with Gasteiger partial charge in [0.05, 0.1) is 7.11 Å². The van der Waals surface area contributed by atoms with Crippen molar-refractivity contribution in [3.8, 4) is 11.5 Å². The lowest BCUT2D eigenvalue weighted by atomic mass is 9.77. The SMILES string of the molecule is COc1ccc(CNC(c2ccccc2)C2CCC2)cc1OC(F)F. The average molecular weight is 347 g/mol. The van der Waals surface area contributed by atoms with Crippen LogP contribution in [0.3, 0.4) is 0 Å². The molecule has 1 N–H and O–H groups in total. The maximum absolute atomic E-state index is 12.6. The highest BCUT2D eigenvalue weighted by atomic mass is 19.3. The van der Waals surface area contributed by atoms with Crippen LogP contribution in [-0.2, 0) is 6.54 Å². The van der Waals surface area contributed by atoms with Crippen LogP contribution in [0.4, 0.5) is 8.78 Å². The molecule has 3 nitrogen and oxygen atoms in total. The summed E-state index contributed by atoms with van der Waals surface area (Å²) in [5.74, 6) is 0.997. The fraction of sp³-hybridized carbons (Fsp3) is 0.400. The van der Waals surface area contributed by atoms with Crippen LogP contribution in [0.2, 0.25) is 0 Å². The van der Waals surface area contributed by atoms with Gasteiger partial charge in [0.15, 0.2) is 11.5 Å². The predicted molar refractivity (Wildman–Crippen MR) is 93.0 cm³/mol. The number of hydrogen-bond donors (Lipinski definition) is 1. The van der Waals surface area contributed by atoms with Crippen molar-refractivity contribution >= 4 is 0 Å². The van der Waals surface area contributed by atoms with E-state index in [4.69, 9.17) is 4.74 Å². The number of methoxy groups -OCH3 is 1. The average Bonchev–Trinajstić information content (AvgIpc) is 2.57. The molecular formula is C20H23F2NO2. The van der Waals surface area contributed by atoms with Crippen molar-refractivity contribution in [2.24, 2.45) is 5.92 Å². The fourth-order valence-corrected chi connectivity index (χ4v) is 3.24. The van der Waals surface area contributed by atoms with Gasteiger partial charge in [0.1, 0.15) is 0 Å². The third-order valence-electron chi connectivity index (χ3n) is 4.75. The van der Waals surface area contributed by atoms with E-state index in [1.165, 1.54) is 31.9 Å². The lowest BCUT2D eigenvalue weighted by Gasteiger charge is -2.35. The van der Waals surface area contributed by atoms with Gasteiger partial charge in [0.2, 0.25) is 0 Å². The van der Waals surface area contributed by atoms with Crippen LogP contribution >= 0.6 is 0 Å². The van der Waals surface area contributed by atoms with Crippen molar-refractivity contribution in [3.63, 3.8) is 0 Å². The molecule has 0 radical (unpaired) electrons. The van der Waals surface area contributed by atoms with E-state index >= 15 is 0 Å². The molecule has 1 aliphatic carbocycles. The number of ether oxygens (including phenoxy) is 2. The van der Waals surface area contributed by atoms with Crippen LogP contribution in [0.15, 0.2) is 48.5 Å². The van der Waals surface area contributed by atoms with Crippen molar-refractivity contribution in [2.45, 2.75) is 38.5 Å². The van der Waals surface area contributed by atoms with Gasteiger partial charge in [-0.15, -0.1) is 0 Å². The van der Waals surface area contributed by atoms with Gasteiger partial charge in [-0.25, -0.2) is 0 Å². The monoisotopic (exact) mass is 347 g/mol. The topological polar surface area (TPSA) is 30.5 Å². The Bertz CT molecular complexity index is 675. The number of alkyl halides is 2. The molecule has 1 fully saturated rings. The first-order chi connectivity index (χ1) is 12.2. The summed E-state index contributed by atoms with van der Waals surface area (Å²) < 4.78 is 34.8. The second-order valence-corrected chi connectivity index (χ2v) is 6.32. The van der Waals surface area contributed by atoms with Gasteiger partial charge in [-0.1, -0.05) is 42.8 Å². The number of rotatable bonds is 8. The normalized spacial score (nSPS) is 15.7. The summed E-state index contributed by atoms with van der Waals surface area (Å²) >= 11 is 0. The zero-order valence-electron chi connectivity index (χ0n) is 14.3. The molecule has 1 saturated carbocycles. The largest absolute Gasteiger partial charge is 0.493 e. The molecule has 0 heterocycles. The second kappa shape index (κ2) is 8.30. The zero-order chi connectivity index (χ0) is 17.6. The van der Waals surface area contributed by atoms with Crippen molar-refractivity contribution in [1.82, 2.24) is 5.32 Å². The van der Waals surface area contributed by atoms with E-state index in [9.17, 15) is 8.78 Å². The first-order valence-corrected chi connectivity index (χ1v) is 8.57. The second-order valence-electron chi connectivity index (χ2n) is 6.32. The molecule has 3 rings (SSSR count). The minimum atomic E-state index is -2.87. The minimum Gasteiger partial charge on any atom is -0.493 e. The Labute approximate surface area is 147 Å². The Morgan fingerprint density at radius 1 is 1.08 bits per heavy atom. The Balaban J connectivity index is 1.72. The van der Waals surface area contributed by atoms with Crippen LogP contribution in [0.25, 0.3) is 0 Å². The van der Waals surface area contributed by atoms with E-state index < -0.39 is 6.61 Å². The Hall–Kier alpha value is -2.14. The number of nitrogens with one attached hydrogen (secondary N) is 1.